The Bertz CT molecular complexity index is 406. The fraction of sp³-hybridized carbons (Fsp3) is 0.786. The largest absolute Gasteiger partial charge is 0.480 e. The molecule has 23 heavy (non-hydrogen) atoms. The van der Waals surface area contributed by atoms with Crippen LogP contribution in [0.3, 0.4) is 0 Å². The third-order valence-corrected chi connectivity index (χ3v) is 3.75. The average Bonchev–Trinajstić information content (AvgIpc) is 2.48. The van der Waals surface area contributed by atoms with Crippen LogP contribution in [-0.4, -0.2) is 64.7 Å². The lowest BCUT2D eigenvalue weighted by Crippen LogP contribution is -2.56. The molecule has 0 aromatic heterocycles. The maximum absolute atomic E-state index is 12.0. The minimum absolute atomic E-state index is 0.0681. The van der Waals surface area contributed by atoms with Crippen molar-refractivity contribution in [1.82, 2.24) is 10.6 Å². The summed E-state index contributed by atoms with van der Waals surface area (Å²) in [5, 5.41) is 23.0. The molecule has 0 aliphatic carbocycles. The number of nitrogens with two attached hydrogens (primary N) is 1. The Balaban J connectivity index is 4.66. The van der Waals surface area contributed by atoms with Crippen molar-refractivity contribution in [3.63, 3.8) is 0 Å². The molecule has 134 valence electrons. The number of amides is 2. The molecule has 9 heteroatoms. The van der Waals surface area contributed by atoms with Gasteiger partial charge in [-0.2, -0.15) is 11.8 Å². The quantitative estimate of drug-likeness (QED) is 0.327. The van der Waals surface area contributed by atoms with Crippen LogP contribution in [0.1, 0.15) is 26.7 Å². The van der Waals surface area contributed by atoms with E-state index in [4.69, 9.17) is 10.8 Å². The second-order valence-electron chi connectivity index (χ2n) is 5.66. The van der Waals surface area contributed by atoms with Crippen LogP contribution in [0.2, 0.25) is 0 Å². The fourth-order valence-electron chi connectivity index (χ4n) is 1.81. The van der Waals surface area contributed by atoms with Gasteiger partial charge in [-0.1, -0.05) is 13.8 Å². The Morgan fingerprint density at radius 2 is 1.70 bits per heavy atom. The van der Waals surface area contributed by atoms with Crippen LogP contribution in [0.4, 0.5) is 0 Å². The average molecular weight is 349 g/mol. The van der Waals surface area contributed by atoms with Gasteiger partial charge in [0.2, 0.25) is 11.8 Å². The van der Waals surface area contributed by atoms with Crippen molar-refractivity contribution in [1.29, 1.82) is 0 Å². The number of carboxylic acid groups (broad SMARTS) is 1. The van der Waals surface area contributed by atoms with Crippen molar-refractivity contribution in [3.05, 3.63) is 0 Å². The van der Waals surface area contributed by atoms with Crippen LogP contribution >= 0.6 is 11.8 Å². The summed E-state index contributed by atoms with van der Waals surface area (Å²) in [5.74, 6) is -1.69. The number of carboxylic acids is 1. The van der Waals surface area contributed by atoms with E-state index in [9.17, 15) is 19.5 Å². The maximum atomic E-state index is 12.0. The van der Waals surface area contributed by atoms with E-state index in [1.165, 1.54) is 0 Å². The highest BCUT2D eigenvalue weighted by atomic mass is 32.2. The van der Waals surface area contributed by atoms with E-state index in [0.29, 0.717) is 12.2 Å². The molecule has 0 aromatic rings. The molecule has 0 radical (unpaired) electrons. The van der Waals surface area contributed by atoms with Crippen LogP contribution in [0.25, 0.3) is 0 Å². The number of hydrogen-bond acceptors (Lipinski definition) is 6. The summed E-state index contributed by atoms with van der Waals surface area (Å²) in [4.78, 5) is 35.1. The molecule has 3 atom stereocenters. The summed E-state index contributed by atoms with van der Waals surface area (Å²) < 4.78 is 0. The van der Waals surface area contributed by atoms with E-state index >= 15 is 0 Å². The highest BCUT2D eigenvalue weighted by Gasteiger charge is 2.27. The number of carbonyl (C=O) groups excluding carboxylic acids is 2. The van der Waals surface area contributed by atoms with Crippen LogP contribution < -0.4 is 16.4 Å². The van der Waals surface area contributed by atoms with E-state index < -0.39 is 42.5 Å². The third kappa shape index (κ3) is 8.77. The molecular formula is C14H27N3O5S. The van der Waals surface area contributed by atoms with E-state index in [1.54, 1.807) is 11.8 Å². The molecule has 0 aliphatic heterocycles. The first-order valence-corrected chi connectivity index (χ1v) is 8.81. The summed E-state index contributed by atoms with van der Waals surface area (Å²) in [7, 11) is 0. The topological polar surface area (TPSA) is 142 Å². The predicted octanol–water partition coefficient (Wildman–Crippen LogP) is -0.841. The number of aliphatic carboxylic acids is 1. The first-order chi connectivity index (χ1) is 10.7. The van der Waals surface area contributed by atoms with Gasteiger partial charge >= 0.3 is 5.97 Å². The molecule has 0 bridgehead atoms. The second-order valence-corrected chi connectivity index (χ2v) is 6.65. The molecule has 0 fully saturated rings. The number of carbonyl (C=O) groups is 3. The second kappa shape index (κ2) is 11.3. The standard InChI is InChI=1S/C14H27N3O5S/c1-8(2)6-10(14(21)22)16-13(20)11(7-18)17-12(19)9(15)4-5-23-3/h8-11,18H,4-7,15H2,1-3H3,(H,16,20)(H,17,19)(H,21,22). The van der Waals surface area contributed by atoms with Gasteiger partial charge in [-0.05, 0) is 30.8 Å². The van der Waals surface area contributed by atoms with Crippen molar-refractivity contribution < 1.29 is 24.6 Å². The number of aliphatic hydroxyl groups excluding tert-OH is 1. The zero-order chi connectivity index (χ0) is 18.0. The third-order valence-electron chi connectivity index (χ3n) is 3.11. The zero-order valence-electron chi connectivity index (χ0n) is 13.7. The van der Waals surface area contributed by atoms with E-state index in [2.05, 4.69) is 10.6 Å². The minimum Gasteiger partial charge on any atom is -0.480 e. The van der Waals surface area contributed by atoms with E-state index in [1.807, 2.05) is 20.1 Å². The van der Waals surface area contributed by atoms with Gasteiger partial charge in [0.05, 0.1) is 12.6 Å². The lowest BCUT2D eigenvalue weighted by Gasteiger charge is -2.22. The Labute approximate surface area is 140 Å². The van der Waals surface area contributed by atoms with Gasteiger partial charge in [-0.15, -0.1) is 0 Å². The molecule has 8 nitrogen and oxygen atoms in total. The summed E-state index contributed by atoms with van der Waals surface area (Å²) in [6, 6.07) is -3.08. The molecular weight excluding hydrogens is 322 g/mol. The van der Waals surface area contributed by atoms with Crippen molar-refractivity contribution in [3.8, 4) is 0 Å². The van der Waals surface area contributed by atoms with E-state index in [-0.39, 0.29) is 12.3 Å². The number of rotatable bonds is 11. The van der Waals surface area contributed by atoms with Crippen LogP contribution in [-0.2, 0) is 14.4 Å². The van der Waals surface area contributed by atoms with Gasteiger partial charge in [-0.3, -0.25) is 9.59 Å². The van der Waals surface area contributed by atoms with Gasteiger partial charge in [-0.25, -0.2) is 4.79 Å². The van der Waals surface area contributed by atoms with Gasteiger partial charge in [0.1, 0.15) is 12.1 Å². The Morgan fingerprint density at radius 3 is 2.13 bits per heavy atom. The smallest absolute Gasteiger partial charge is 0.326 e. The lowest BCUT2D eigenvalue weighted by molar-refractivity contribution is -0.143. The SMILES string of the molecule is CSCCC(N)C(=O)NC(CO)C(=O)NC(CC(C)C)C(=O)O. The molecule has 0 saturated heterocycles. The van der Waals surface area contributed by atoms with Crippen LogP contribution in [0, 0.1) is 5.92 Å². The van der Waals surface area contributed by atoms with E-state index in [0.717, 1.165) is 0 Å². The lowest BCUT2D eigenvalue weighted by atomic mass is 10.0. The number of thioether (sulfide) groups is 1. The maximum Gasteiger partial charge on any atom is 0.326 e. The fourth-order valence-corrected chi connectivity index (χ4v) is 2.30. The first kappa shape index (κ1) is 21.7. The van der Waals surface area contributed by atoms with Crippen molar-refractivity contribution in [2.75, 3.05) is 18.6 Å². The highest BCUT2D eigenvalue weighted by molar-refractivity contribution is 7.98. The van der Waals surface area contributed by atoms with Gasteiger partial charge < -0.3 is 26.6 Å². The predicted molar refractivity (Wildman–Crippen MR) is 89.0 cm³/mol. The van der Waals surface area contributed by atoms with Gasteiger partial charge in [0.25, 0.3) is 0 Å². The summed E-state index contributed by atoms with van der Waals surface area (Å²) in [6.45, 7) is 3.02. The van der Waals surface area contributed by atoms with Crippen molar-refractivity contribution in [2.24, 2.45) is 11.7 Å². The Hall–Kier alpha value is -1.32. The van der Waals surface area contributed by atoms with Gasteiger partial charge in [0, 0.05) is 0 Å². The summed E-state index contributed by atoms with van der Waals surface area (Å²) in [5.41, 5.74) is 5.69. The Morgan fingerprint density at radius 1 is 1.13 bits per heavy atom. The monoisotopic (exact) mass is 349 g/mol. The van der Waals surface area contributed by atoms with Gasteiger partial charge in [0.15, 0.2) is 0 Å². The van der Waals surface area contributed by atoms with Crippen molar-refractivity contribution >= 4 is 29.5 Å². The van der Waals surface area contributed by atoms with Crippen LogP contribution in [0.5, 0.6) is 0 Å². The normalized spacial score (nSPS) is 14.9. The molecule has 0 heterocycles. The highest BCUT2D eigenvalue weighted by Crippen LogP contribution is 2.05. The zero-order valence-corrected chi connectivity index (χ0v) is 14.6. The Kier molecular flexibility index (Phi) is 10.6. The summed E-state index contributed by atoms with van der Waals surface area (Å²) >= 11 is 1.54. The molecule has 0 spiro atoms. The molecule has 0 rings (SSSR count). The molecule has 0 aliphatic rings. The molecule has 3 unspecified atom stereocenters. The molecule has 6 N–H and O–H groups in total. The molecule has 2 amide bonds. The summed E-state index contributed by atoms with van der Waals surface area (Å²) in [6.07, 6.45) is 2.58. The minimum atomic E-state index is -1.23. The first-order valence-electron chi connectivity index (χ1n) is 7.41. The van der Waals surface area contributed by atoms with Crippen LogP contribution in [0.15, 0.2) is 0 Å². The molecule has 0 aromatic carbocycles. The van der Waals surface area contributed by atoms with Crippen molar-refractivity contribution in [2.45, 2.75) is 44.8 Å². The number of aliphatic hydroxyl groups is 1. The molecule has 0 saturated carbocycles. The number of hydrogen-bond donors (Lipinski definition) is 5. The number of nitrogens with one attached hydrogen (secondary N) is 2.